The predicted molar refractivity (Wildman–Crippen MR) is 122 cm³/mol. The zero-order valence-corrected chi connectivity index (χ0v) is 19.1. The van der Waals surface area contributed by atoms with Crippen LogP contribution >= 0.6 is 11.8 Å². The number of carbonyl (C=O) groups is 1. The van der Waals surface area contributed by atoms with Crippen molar-refractivity contribution in [2.24, 2.45) is 0 Å². The summed E-state index contributed by atoms with van der Waals surface area (Å²) in [6.07, 6.45) is 0.882. The lowest BCUT2D eigenvalue weighted by Crippen LogP contribution is -2.31. The van der Waals surface area contributed by atoms with Crippen LogP contribution in [0.1, 0.15) is 42.4 Å². The first-order chi connectivity index (χ1) is 14.0. The molecule has 1 amide bonds. The van der Waals surface area contributed by atoms with Crippen LogP contribution in [0, 0.1) is 0 Å². The van der Waals surface area contributed by atoms with Gasteiger partial charge in [-0.15, -0.1) is 0 Å². The highest BCUT2D eigenvalue weighted by molar-refractivity contribution is 7.98. The molecule has 6 nitrogen and oxygen atoms in total. The number of carbonyl (C=O) groups excluding carboxylic acids is 1. The third-order valence-corrected chi connectivity index (χ3v) is 5.51. The second kappa shape index (κ2) is 11.8. The van der Waals surface area contributed by atoms with Gasteiger partial charge in [0.1, 0.15) is 5.82 Å². The highest BCUT2D eigenvalue weighted by Crippen LogP contribution is 2.23. The van der Waals surface area contributed by atoms with E-state index in [2.05, 4.69) is 42.0 Å². The third kappa shape index (κ3) is 7.33. The molecule has 0 unspecified atom stereocenters. The van der Waals surface area contributed by atoms with Crippen molar-refractivity contribution in [1.82, 2.24) is 20.2 Å². The summed E-state index contributed by atoms with van der Waals surface area (Å²) in [7, 11) is 3.98. The molecule has 2 aromatic rings. The number of hydrogen-bond acceptors (Lipinski definition) is 6. The Balaban J connectivity index is 2.06. The first-order valence-corrected chi connectivity index (χ1v) is 11.2. The summed E-state index contributed by atoms with van der Waals surface area (Å²) in [6.45, 7) is 9.69. The number of hydrogen-bond donors (Lipinski definition) is 1. The average Bonchev–Trinajstić information content (AvgIpc) is 2.73. The van der Waals surface area contributed by atoms with Gasteiger partial charge in [-0.05, 0) is 52.1 Å². The molecule has 0 saturated heterocycles. The van der Waals surface area contributed by atoms with Crippen molar-refractivity contribution >= 4 is 23.5 Å². The molecule has 1 N–H and O–H groups in total. The van der Waals surface area contributed by atoms with E-state index in [9.17, 15) is 4.79 Å². The maximum absolute atomic E-state index is 12.4. The summed E-state index contributed by atoms with van der Waals surface area (Å²) in [4.78, 5) is 26.1. The average molecular weight is 416 g/mol. The van der Waals surface area contributed by atoms with E-state index in [1.165, 1.54) is 0 Å². The van der Waals surface area contributed by atoms with Gasteiger partial charge in [0.05, 0.1) is 0 Å². The summed E-state index contributed by atoms with van der Waals surface area (Å²) in [5.41, 5.74) is 2.83. The molecule has 0 aliphatic heterocycles. The summed E-state index contributed by atoms with van der Waals surface area (Å²) >= 11 is 1.61. The van der Waals surface area contributed by atoms with Crippen molar-refractivity contribution in [3.05, 3.63) is 47.2 Å². The van der Waals surface area contributed by atoms with Gasteiger partial charge < -0.3 is 15.1 Å². The molecular formula is C22H33N5OS. The van der Waals surface area contributed by atoms with E-state index in [1.54, 1.807) is 11.8 Å². The lowest BCUT2D eigenvalue weighted by atomic mass is 10.1. The van der Waals surface area contributed by atoms with Crippen molar-refractivity contribution in [3.63, 3.8) is 0 Å². The normalized spacial score (nSPS) is 11.0. The molecule has 0 atom stereocenters. The van der Waals surface area contributed by atoms with Gasteiger partial charge in [-0.25, -0.2) is 9.97 Å². The topological polar surface area (TPSA) is 61.4 Å². The molecule has 29 heavy (non-hydrogen) atoms. The van der Waals surface area contributed by atoms with Crippen LogP contribution in [0.3, 0.4) is 0 Å². The highest BCUT2D eigenvalue weighted by atomic mass is 32.2. The first kappa shape index (κ1) is 23.2. The number of nitrogens with one attached hydrogen (secondary N) is 1. The molecule has 0 aliphatic rings. The first-order valence-electron chi connectivity index (χ1n) is 10.2. The van der Waals surface area contributed by atoms with Crippen LogP contribution in [0.4, 0.5) is 5.82 Å². The molecule has 158 valence electrons. The molecule has 0 spiro atoms. The Morgan fingerprint density at radius 1 is 1.10 bits per heavy atom. The van der Waals surface area contributed by atoms with Crippen LogP contribution in [0.15, 0.2) is 35.5 Å². The maximum Gasteiger partial charge on any atom is 0.251 e. The smallest absolute Gasteiger partial charge is 0.251 e. The number of aromatic nitrogens is 2. The number of thioether (sulfide) groups is 1. The fourth-order valence-corrected chi connectivity index (χ4v) is 3.68. The Hall–Kier alpha value is -2.12. The van der Waals surface area contributed by atoms with E-state index in [0.717, 1.165) is 54.0 Å². The Labute approximate surface area is 179 Å². The van der Waals surface area contributed by atoms with E-state index in [0.29, 0.717) is 12.1 Å². The molecule has 0 saturated carbocycles. The number of likely N-dealkylation sites (N-methyl/N-ethyl adjacent to an activating group) is 1. The molecular weight excluding hydrogens is 382 g/mol. The molecule has 2 rings (SSSR count). The van der Waals surface area contributed by atoms with E-state index in [-0.39, 0.29) is 5.91 Å². The van der Waals surface area contributed by atoms with Crippen LogP contribution < -0.4 is 10.2 Å². The number of nitrogens with zero attached hydrogens (tertiary/aromatic N) is 4. The van der Waals surface area contributed by atoms with Gasteiger partial charge in [0.2, 0.25) is 0 Å². The number of amides is 1. The van der Waals surface area contributed by atoms with Crippen molar-refractivity contribution in [2.45, 2.75) is 38.1 Å². The second-order valence-electron chi connectivity index (χ2n) is 7.07. The number of benzene rings is 1. The predicted octanol–water partition coefficient (Wildman–Crippen LogP) is 3.47. The summed E-state index contributed by atoms with van der Waals surface area (Å²) in [6, 6.07) is 9.86. The minimum Gasteiger partial charge on any atom is -0.357 e. The van der Waals surface area contributed by atoms with E-state index in [4.69, 9.17) is 4.98 Å². The quantitative estimate of drug-likeness (QED) is 0.448. The van der Waals surface area contributed by atoms with Crippen LogP contribution in [0.2, 0.25) is 0 Å². The molecule has 0 bridgehead atoms. The maximum atomic E-state index is 12.4. The Morgan fingerprint density at radius 2 is 1.86 bits per heavy atom. The zero-order chi connectivity index (χ0) is 21.2. The van der Waals surface area contributed by atoms with Crippen molar-refractivity contribution in [2.75, 3.05) is 45.2 Å². The van der Waals surface area contributed by atoms with E-state index >= 15 is 0 Å². The highest BCUT2D eigenvalue weighted by Gasteiger charge is 2.11. The fourth-order valence-electron chi connectivity index (χ4n) is 2.86. The van der Waals surface area contributed by atoms with E-state index < -0.39 is 0 Å². The summed E-state index contributed by atoms with van der Waals surface area (Å²) in [5, 5.41) is 3.75. The van der Waals surface area contributed by atoms with Gasteiger partial charge in [-0.1, -0.05) is 30.8 Å². The lowest BCUT2D eigenvalue weighted by molar-refractivity contribution is 0.0951. The largest absolute Gasteiger partial charge is 0.357 e. The van der Waals surface area contributed by atoms with E-state index in [1.807, 2.05) is 43.3 Å². The Bertz CT molecular complexity index is 793. The fraction of sp³-hybridized carbons (Fsp3) is 0.500. The molecule has 0 radical (unpaired) electrons. The van der Waals surface area contributed by atoms with Gasteiger partial charge in [0, 0.05) is 49.3 Å². The van der Waals surface area contributed by atoms with Gasteiger partial charge >= 0.3 is 0 Å². The van der Waals surface area contributed by atoms with Gasteiger partial charge in [-0.3, -0.25) is 4.79 Å². The van der Waals surface area contributed by atoms with Crippen LogP contribution in [0.5, 0.6) is 0 Å². The number of anilines is 1. The van der Waals surface area contributed by atoms with Crippen LogP contribution in [-0.4, -0.2) is 61.0 Å². The molecule has 1 heterocycles. The molecule has 0 fully saturated rings. The minimum absolute atomic E-state index is 0.0354. The van der Waals surface area contributed by atoms with Gasteiger partial charge in [-0.2, -0.15) is 0 Å². The second-order valence-corrected chi connectivity index (χ2v) is 8.02. The van der Waals surface area contributed by atoms with Crippen molar-refractivity contribution in [3.8, 4) is 0 Å². The van der Waals surface area contributed by atoms with Gasteiger partial charge in [0.15, 0.2) is 5.16 Å². The van der Waals surface area contributed by atoms with Crippen molar-refractivity contribution < 1.29 is 4.79 Å². The monoisotopic (exact) mass is 415 g/mol. The zero-order valence-electron chi connectivity index (χ0n) is 18.2. The van der Waals surface area contributed by atoms with Crippen LogP contribution in [-0.2, 0) is 12.2 Å². The SMILES string of the molecule is CCc1cc(N(CC)CC)nc(SCc2cccc(C(=O)NCCN(C)C)c2)n1. The summed E-state index contributed by atoms with van der Waals surface area (Å²) < 4.78 is 0. The molecule has 0 aliphatic carbocycles. The summed E-state index contributed by atoms with van der Waals surface area (Å²) in [5.74, 6) is 1.68. The Morgan fingerprint density at radius 3 is 2.52 bits per heavy atom. The molecule has 1 aromatic carbocycles. The Kier molecular flexibility index (Phi) is 9.41. The minimum atomic E-state index is -0.0354. The van der Waals surface area contributed by atoms with Gasteiger partial charge in [0.25, 0.3) is 5.91 Å². The lowest BCUT2D eigenvalue weighted by Gasteiger charge is -2.20. The van der Waals surface area contributed by atoms with Crippen molar-refractivity contribution in [1.29, 1.82) is 0 Å². The standard InChI is InChI=1S/C22H33N5OS/c1-6-19-15-20(27(7-2)8-3)25-22(24-19)29-16-17-10-9-11-18(14-17)21(28)23-12-13-26(4)5/h9-11,14-15H,6-8,12-13,16H2,1-5H3,(H,23,28). The van der Waals surface area contributed by atoms with Crippen LogP contribution in [0.25, 0.3) is 0 Å². The number of rotatable bonds is 11. The third-order valence-electron chi connectivity index (χ3n) is 4.60. The number of aryl methyl sites for hydroxylation is 1. The molecule has 1 aromatic heterocycles. The molecule has 7 heteroatoms.